The van der Waals surface area contributed by atoms with Crippen molar-refractivity contribution in [3.05, 3.63) is 29.6 Å². The highest BCUT2D eigenvalue weighted by molar-refractivity contribution is 5.17. The van der Waals surface area contributed by atoms with Gasteiger partial charge in [-0.1, -0.05) is 6.07 Å². The van der Waals surface area contributed by atoms with Crippen LogP contribution in [-0.2, 0) is 6.54 Å². The van der Waals surface area contributed by atoms with Crippen molar-refractivity contribution in [3.8, 4) is 0 Å². The second-order valence-electron chi connectivity index (χ2n) is 4.53. The molecule has 0 saturated heterocycles. The number of rotatable bonds is 3. The van der Waals surface area contributed by atoms with Gasteiger partial charge in [0.05, 0.1) is 5.69 Å². The summed E-state index contributed by atoms with van der Waals surface area (Å²) in [7, 11) is 0. The van der Waals surface area contributed by atoms with E-state index >= 15 is 0 Å². The summed E-state index contributed by atoms with van der Waals surface area (Å²) in [5, 5.41) is 3.59. The second-order valence-corrected chi connectivity index (χ2v) is 4.53. The Morgan fingerprint density at radius 2 is 2.29 bits per heavy atom. The van der Waals surface area contributed by atoms with Crippen LogP contribution in [0.4, 0.5) is 0 Å². The molecule has 0 atom stereocenters. The molecule has 14 heavy (non-hydrogen) atoms. The fraction of sp³-hybridized carbons (Fsp3) is 0.583. The molecule has 1 aromatic rings. The lowest BCUT2D eigenvalue weighted by molar-refractivity contribution is 0.206. The number of nitrogens with one attached hydrogen (secondary N) is 1. The fourth-order valence-corrected chi connectivity index (χ4v) is 1.88. The van der Waals surface area contributed by atoms with Gasteiger partial charge in [-0.2, -0.15) is 0 Å². The van der Waals surface area contributed by atoms with Crippen LogP contribution < -0.4 is 5.32 Å². The summed E-state index contributed by atoms with van der Waals surface area (Å²) in [5.41, 5.74) is 2.84. The smallest absolute Gasteiger partial charge is 0.0570 e. The van der Waals surface area contributed by atoms with Crippen LogP contribution in [0.2, 0.25) is 0 Å². The van der Waals surface area contributed by atoms with E-state index in [2.05, 4.69) is 30.2 Å². The molecule has 0 radical (unpaired) electrons. The number of nitrogens with zero attached hydrogens (tertiary/aromatic N) is 1. The third-order valence-corrected chi connectivity index (χ3v) is 3.26. The first-order valence-corrected chi connectivity index (χ1v) is 5.35. The van der Waals surface area contributed by atoms with Gasteiger partial charge in [0, 0.05) is 18.3 Å². The third kappa shape index (κ3) is 1.95. The minimum atomic E-state index is 0.379. The first-order chi connectivity index (χ1) is 6.70. The van der Waals surface area contributed by atoms with Gasteiger partial charge in [-0.25, -0.2) is 0 Å². The van der Waals surface area contributed by atoms with Crippen molar-refractivity contribution >= 4 is 0 Å². The molecule has 1 saturated carbocycles. The Bertz CT molecular complexity index is 316. The molecule has 0 bridgehead atoms. The molecular formula is C12H18N2. The fourth-order valence-electron chi connectivity index (χ4n) is 1.88. The van der Waals surface area contributed by atoms with Crippen LogP contribution in [0.3, 0.4) is 0 Å². The van der Waals surface area contributed by atoms with Crippen molar-refractivity contribution < 1.29 is 0 Å². The first kappa shape index (κ1) is 9.66. The highest BCUT2D eigenvalue weighted by Crippen LogP contribution is 2.31. The average molecular weight is 190 g/mol. The zero-order chi connectivity index (χ0) is 10.0. The van der Waals surface area contributed by atoms with Gasteiger partial charge in [-0.15, -0.1) is 0 Å². The first-order valence-electron chi connectivity index (χ1n) is 5.35. The van der Waals surface area contributed by atoms with E-state index in [1.165, 1.54) is 30.5 Å². The monoisotopic (exact) mass is 190 g/mol. The Kier molecular flexibility index (Phi) is 2.55. The van der Waals surface area contributed by atoms with E-state index in [4.69, 9.17) is 0 Å². The molecule has 0 amide bonds. The Hall–Kier alpha value is -0.890. The molecule has 0 spiro atoms. The largest absolute Gasteiger partial charge is 0.306 e. The molecule has 0 unspecified atom stereocenters. The van der Waals surface area contributed by atoms with E-state index in [1.807, 2.05) is 12.3 Å². The maximum Gasteiger partial charge on any atom is 0.0570 e. The van der Waals surface area contributed by atoms with Gasteiger partial charge in [-0.3, -0.25) is 4.98 Å². The maximum absolute atomic E-state index is 4.38. The number of aryl methyl sites for hydroxylation is 1. The molecule has 0 aliphatic heterocycles. The summed E-state index contributed by atoms with van der Waals surface area (Å²) in [6, 6.07) is 4.11. The summed E-state index contributed by atoms with van der Waals surface area (Å²) in [6.07, 6.45) is 5.84. The van der Waals surface area contributed by atoms with Crippen molar-refractivity contribution in [2.75, 3.05) is 0 Å². The lowest BCUT2D eigenvalue weighted by Gasteiger charge is -2.39. The highest BCUT2D eigenvalue weighted by Gasteiger charge is 2.30. The molecule has 2 rings (SSSR count). The minimum Gasteiger partial charge on any atom is -0.306 e. The SMILES string of the molecule is Cc1cccnc1CNC1(C)CCC1. The van der Waals surface area contributed by atoms with E-state index in [0.717, 1.165) is 6.54 Å². The van der Waals surface area contributed by atoms with E-state index in [-0.39, 0.29) is 0 Å². The zero-order valence-electron chi connectivity index (χ0n) is 9.01. The Balaban J connectivity index is 1.95. The predicted octanol–water partition coefficient (Wildman–Crippen LogP) is 2.42. The summed E-state index contributed by atoms with van der Waals surface area (Å²) < 4.78 is 0. The third-order valence-electron chi connectivity index (χ3n) is 3.26. The number of hydrogen-bond donors (Lipinski definition) is 1. The van der Waals surface area contributed by atoms with E-state index < -0.39 is 0 Å². The van der Waals surface area contributed by atoms with Crippen molar-refractivity contribution in [3.63, 3.8) is 0 Å². The number of hydrogen-bond acceptors (Lipinski definition) is 2. The summed E-state index contributed by atoms with van der Waals surface area (Å²) in [6.45, 7) is 5.32. The normalized spacial score (nSPS) is 19.0. The molecular weight excluding hydrogens is 172 g/mol. The van der Waals surface area contributed by atoms with Gasteiger partial charge in [0.15, 0.2) is 0 Å². The quantitative estimate of drug-likeness (QED) is 0.791. The van der Waals surface area contributed by atoms with Crippen LogP contribution in [0, 0.1) is 6.92 Å². The lowest BCUT2D eigenvalue weighted by Crippen LogP contribution is -2.47. The van der Waals surface area contributed by atoms with E-state index in [1.54, 1.807) is 0 Å². The zero-order valence-corrected chi connectivity index (χ0v) is 9.01. The molecule has 1 aliphatic rings. The molecule has 1 heterocycles. The Labute approximate surface area is 85.7 Å². The van der Waals surface area contributed by atoms with Crippen molar-refractivity contribution in [2.24, 2.45) is 0 Å². The van der Waals surface area contributed by atoms with Crippen molar-refractivity contribution in [2.45, 2.75) is 45.2 Å². The van der Waals surface area contributed by atoms with Crippen molar-refractivity contribution in [1.29, 1.82) is 0 Å². The number of aromatic nitrogens is 1. The molecule has 76 valence electrons. The summed E-state index contributed by atoms with van der Waals surface area (Å²) in [5.74, 6) is 0. The highest BCUT2D eigenvalue weighted by atomic mass is 15.0. The van der Waals surface area contributed by atoms with Crippen LogP contribution in [0.15, 0.2) is 18.3 Å². The minimum absolute atomic E-state index is 0.379. The molecule has 1 N–H and O–H groups in total. The van der Waals surface area contributed by atoms with Gasteiger partial charge in [0.2, 0.25) is 0 Å². The van der Waals surface area contributed by atoms with E-state index in [9.17, 15) is 0 Å². The summed E-state index contributed by atoms with van der Waals surface area (Å²) in [4.78, 5) is 4.38. The maximum atomic E-state index is 4.38. The summed E-state index contributed by atoms with van der Waals surface area (Å²) >= 11 is 0. The molecule has 1 aliphatic carbocycles. The van der Waals surface area contributed by atoms with Gasteiger partial charge in [0.1, 0.15) is 0 Å². The molecule has 1 fully saturated rings. The molecule has 0 aromatic carbocycles. The average Bonchev–Trinajstić information content (AvgIpc) is 2.14. The predicted molar refractivity (Wildman–Crippen MR) is 58.1 cm³/mol. The Morgan fingerprint density at radius 1 is 1.50 bits per heavy atom. The Morgan fingerprint density at radius 3 is 2.86 bits per heavy atom. The topological polar surface area (TPSA) is 24.9 Å². The van der Waals surface area contributed by atoms with Gasteiger partial charge in [-0.05, 0) is 44.7 Å². The molecule has 2 heteroatoms. The second kappa shape index (κ2) is 3.70. The van der Waals surface area contributed by atoms with Gasteiger partial charge in [0.25, 0.3) is 0 Å². The van der Waals surface area contributed by atoms with Crippen molar-refractivity contribution in [1.82, 2.24) is 10.3 Å². The van der Waals surface area contributed by atoms with Gasteiger partial charge >= 0.3 is 0 Å². The van der Waals surface area contributed by atoms with Crippen LogP contribution in [0.1, 0.15) is 37.4 Å². The molecule has 2 nitrogen and oxygen atoms in total. The van der Waals surface area contributed by atoms with Crippen LogP contribution in [0.5, 0.6) is 0 Å². The lowest BCUT2D eigenvalue weighted by atomic mass is 9.78. The van der Waals surface area contributed by atoms with Crippen LogP contribution >= 0.6 is 0 Å². The standard InChI is InChI=1S/C12H18N2/c1-10-5-3-8-13-11(10)9-14-12(2)6-4-7-12/h3,5,8,14H,4,6-7,9H2,1-2H3. The van der Waals surface area contributed by atoms with E-state index in [0.29, 0.717) is 5.54 Å². The van der Waals surface area contributed by atoms with Gasteiger partial charge < -0.3 is 5.32 Å². The van der Waals surface area contributed by atoms with Crippen LogP contribution in [0.25, 0.3) is 0 Å². The number of pyridine rings is 1. The molecule has 1 aromatic heterocycles. The van der Waals surface area contributed by atoms with Crippen LogP contribution in [-0.4, -0.2) is 10.5 Å².